The highest BCUT2D eigenvalue weighted by Gasteiger charge is 2.25. The Labute approximate surface area is 163 Å². The Morgan fingerprint density at radius 2 is 1.70 bits per heavy atom. The first kappa shape index (κ1) is 23.1. The number of carbonyl (C=O) groups is 2. The van der Waals surface area contributed by atoms with Crippen molar-refractivity contribution in [3.05, 3.63) is 35.9 Å². The predicted molar refractivity (Wildman–Crippen MR) is 111 cm³/mol. The Hall–Kier alpha value is -1.92. The van der Waals surface area contributed by atoms with Crippen LogP contribution in [0.4, 0.5) is 0 Å². The second-order valence-electron chi connectivity index (χ2n) is 7.26. The van der Waals surface area contributed by atoms with Crippen LogP contribution < -0.4 is 21.3 Å². The largest absolute Gasteiger partial charge is 0.355 e. The average molecular weight is 377 g/mol. The van der Waals surface area contributed by atoms with E-state index in [9.17, 15) is 9.59 Å². The molecule has 0 saturated heterocycles. The van der Waals surface area contributed by atoms with E-state index in [1.54, 1.807) is 0 Å². The summed E-state index contributed by atoms with van der Waals surface area (Å²) in [6, 6.07) is 9.76. The molecule has 0 bridgehead atoms. The number of nitrogens with one attached hydrogen (secondary N) is 4. The van der Waals surface area contributed by atoms with Gasteiger partial charge in [0, 0.05) is 19.1 Å². The maximum absolute atomic E-state index is 12.5. The molecule has 6 heteroatoms. The van der Waals surface area contributed by atoms with Gasteiger partial charge in [0.1, 0.15) is 6.04 Å². The van der Waals surface area contributed by atoms with Gasteiger partial charge in [0.05, 0.1) is 6.04 Å². The summed E-state index contributed by atoms with van der Waals surface area (Å²) in [4.78, 5) is 24.6. The summed E-state index contributed by atoms with van der Waals surface area (Å²) >= 11 is 0. The minimum atomic E-state index is -0.514. The maximum atomic E-state index is 12.5. The van der Waals surface area contributed by atoms with Crippen LogP contribution in [0.3, 0.4) is 0 Å². The normalized spacial score (nSPS) is 14.4. The van der Waals surface area contributed by atoms with Gasteiger partial charge in [-0.05, 0) is 45.2 Å². The third kappa shape index (κ3) is 8.54. The molecule has 0 spiro atoms. The summed E-state index contributed by atoms with van der Waals surface area (Å²) in [6.45, 7) is 8.79. The summed E-state index contributed by atoms with van der Waals surface area (Å²) in [5.41, 5.74) is 1.31. The number of carbonyl (C=O) groups excluding carboxylic acids is 2. The molecule has 1 rings (SSSR count). The van der Waals surface area contributed by atoms with Gasteiger partial charge >= 0.3 is 0 Å². The van der Waals surface area contributed by atoms with Crippen molar-refractivity contribution in [2.45, 2.75) is 58.7 Å². The predicted octanol–water partition coefficient (Wildman–Crippen LogP) is 1.46. The molecule has 1 aromatic carbocycles. The van der Waals surface area contributed by atoms with Gasteiger partial charge in [-0.25, -0.2) is 0 Å². The van der Waals surface area contributed by atoms with Crippen molar-refractivity contribution >= 4 is 11.8 Å². The number of amides is 2. The lowest BCUT2D eigenvalue weighted by atomic mass is 10.0. The molecule has 0 fully saturated rings. The fraction of sp³-hybridized carbons (Fsp3) is 0.619. The highest BCUT2D eigenvalue weighted by atomic mass is 16.2. The first-order valence-electron chi connectivity index (χ1n) is 9.91. The molecule has 0 heterocycles. The van der Waals surface area contributed by atoms with Crippen LogP contribution in [0.15, 0.2) is 30.3 Å². The third-order valence-electron chi connectivity index (χ3n) is 4.69. The molecule has 0 aliphatic rings. The zero-order valence-electron chi connectivity index (χ0n) is 17.3. The monoisotopic (exact) mass is 376 g/mol. The number of rotatable bonds is 12. The summed E-state index contributed by atoms with van der Waals surface area (Å²) in [5.74, 6) is -0.259. The van der Waals surface area contributed by atoms with Gasteiger partial charge in [-0.2, -0.15) is 0 Å². The summed E-state index contributed by atoms with van der Waals surface area (Å²) in [7, 11) is 1.94. The first-order valence-corrected chi connectivity index (χ1v) is 9.91. The molecule has 4 N–H and O–H groups in total. The standard InChI is InChI=1S/C21H36N4O2/c1-6-23-21(27)19(15(2)3)25-20(26)16(4)24-14-18(22-5)13-12-17-10-8-7-9-11-17/h7-11,15-16,18-19,22,24H,6,12-14H2,1-5H3,(H,23,27)(H,25,26)/t16-,18-,19-/m0/s1. The molecule has 0 saturated carbocycles. The zero-order chi connectivity index (χ0) is 20.2. The SMILES string of the molecule is CCNC(=O)[C@@H](NC(=O)[C@H](C)NC[C@H](CCc1ccccc1)NC)C(C)C. The van der Waals surface area contributed by atoms with E-state index in [1.165, 1.54) is 5.56 Å². The summed E-state index contributed by atoms with van der Waals surface area (Å²) in [5, 5.41) is 12.2. The van der Waals surface area contributed by atoms with Crippen LogP contribution in [0.2, 0.25) is 0 Å². The number of likely N-dealkylation sites (N-methyl/N-ethyl adjacent to an activating group) is 2. The Bertz CT molecular complexity index is 563. The molecule has 3 atom stereocenters. The third-order valence-corrected chi connectivity index (χ3v) is 4.69. The molecule has 0 aliphatic heterocycles. The molecule has 2 amide bonds. The van der Waals surface area contributed by atoms with Crippen molar-refractivity contribution in [3.8, 4) is 0 Å². The summed E-state index contributed by atoms with van der Waals surface area (Å²) in [6.07, 6.45) is 1.97. The van der Waals surface area contributed by atoms with Crippen molar-refractivity contribution in [2.75, 3.05) is 20.1 Å². The molecule has 0 aromatic heterocycles. The van der Waals surface area contributed by atoms with Crippen molar-refractivity contribution in [3.63, 3.8) is 0 Å². The highest BCUT2D eigenvalue weighted by molar-refractivity contribution is 5.89. The van der Waals surface area contributed by atoms with Crippen LogP contribution in [0.1, 0.15) is 39.7 Å². The van der Waals surface area contributed by atoms with Crippen molar-refractivity contribution in [1.29, 1.82) is 0 Å². The fourth-order valence-electron chi connectivity index (χ4n) is 2.84. The second kappa shape index (κ2) is 12.5. The number of aryl methyl sites for hydroxylation is 1. The second-order valence-corrected chi connectivity index (χ2v) is 7.26. The van der Waals surface area contributed by atoms with Gasteiger partial charge in [0.2, 0.25) is 11.8 Å². The molecule has 0 radical (unpaired) electrons. The topological polar surface area (TPSA) is 82.3 Å². The molecule has 0 unspecified atom stereocenters. The van der Waals surface area contributed by atoms with Crippen LogP contribution in [0.25, 0.3) is 0 Å². The van der Waals surface area contributed by atoms with E-state index in [4.69, 9.17) is 0 Å². The zero-order valence-corrected chi connectivity index (χ0v) is 17.3. The Balaban J connectivity index is 2.46. The molecule has 27 heavy (non-hydrogen) atoms. The molecule has 0 aliphatic carbocycles. The van der Waals surface area contributed by atoms with E-state index in [0.29, 0.717) is 13.1 Å². The van der Waals surface area contributed by atoms with Gasteiger partial charge in [0.25, 0.3) is 0 Å². The van der Waals surface area contributed by atoms with Gasteiger partial charge < -0.3 is 21.3 Å². The van der Waals surface area contributed by atoms with E-state index in [2.05, 4.69) is 33.4 Å². The van der Waals surface area contributed by atoms with Gasteiger partial charge in [-0.15, -0.1) is 0 Å². The lowest BCUT2D eigenvalue weighted by Crippen LogP contribution is -2.55. The van der Waals surface area contributed by atoms with Crippen molar-refractivity contribution in [2.24, 2.45) is 5.92 Å². The highest BCUT2D eigenvalue weighted by Crippen LogP contribution is 2.05. The Morgan fingerprint density at radius 1 is 1.04 bits per heavy atom. The van der Waals surface area contributed by atoms with Crippen LogP contribution in [-0.4, -0.2) is 50.1 Å². The Morgan fingerprint density at radius 3 is 2.26 bits per heavy atom. The lowest BCUT2D eigenvalue weighted by molar-refractivity contribution is -0.130. The smallest absolute Gasteiger partial charge is 0.242 e. The minimum absolute atomic E-state index is 0.0311. The maximum Gasteiger partial charge on any atom is 0.242 e. The lowest BCUT2D eigenvalue weighted by Gasteiger charge is -2.25. The molecule has 1 aromatic rings. The van der Waals surface area contributed by atoms with Gasteiger partial charge in [-0.3, -0.25) is 9.59 Å². The van der Waals surface area contributed by atoms with E-state index in [0.717, 1.165) is 12.8 Å². The van der Waals surface area contributed by atoms with Crippen LogP contribution >= 0.6 is 0 Å². The van der Waals surface area contributed by atoms with E-state index >= 15 is 0 Å². The number of benzene rings is 1. The van der Waals surface area contributed by atoms with Crippen LogP contribution in [0, 0.1) is 5.92 Å². The van der Waals surface area contributed by atoms with Crippen LogP contribution in [0.5, 0.6) is 0 Å². The van der Waals surface area contributed by atoms with Gasteiger partial charge in [0.15, 0.2) is 0 Å². The quantitative estimate of drug-likeness (QED) is 0.445. The number of hydrogen-bond donors (Lipinski definition) is 4. The van der Waals surface area contributed by atoms with E-state index in [1.807, 2.05) is 52.9 Å². The molecular weight excluding hydrogens is 340 g/mol. The first-order chi connectivity index (χ1) is 12.9. The molecule has 6 nitrogen and oxygen atoms in total. The minimum Gasteiger partial charge on any atom is -0.355 e. The van der Waals surface area contributed by atoms with Crippen LogP contribution in [-0.2, 0) is 16.0 Å². The average Bonchev–Trinajstić information content (AvgIpc) is 2.66. The summed E-state index contributed by atoms with van der Waals surface area (Å²) < 4.78 is 0. The fourth-order valence-corrected chi connectivity index (χ4v) is 2.84. The molecule has 152 valence electrons. The van der Waals surface area contributed by atoms with E-state index in [-0.39, 0.29) is 29.8 Å². The Kier molecular flexibility index (Phi) is 10.7. The van der Waals surface area contributed by atoms with Crippen molar-refractivity contribution < 1.29 is 9.59 Å². The van der Waals surface area contributed by atoms with Gasteiger partial charge in [-0.1, -0.05) is 44.2 Å². The number of hydrogen-bond acceptors (Lipinski definition) is 4. The van der Waals surface area contributed by atoms with Crippen molar-refractivity contribution in [1.82, 2.24) is 21.3 Å². The van der Waals surface area contributed by atoms with E-state index < -0.39 is 6.04 Å². The molecular formula is C21H36N4O2.